The van der Waals surface area contributed by atoms with Crippen LogP contribution in [0.3, 0.4) is 0 Å². The molecular weight excluding hydrogens is 464 g/mol. The molecule has 10 heteroatoms. The molecule has 0 radical (unpaired) electrons. The molecule has 1 fully saturated rings. The number of hydrogen-bond acceptors (Lipinski definition) is 7. The van der Waals surface area contributed by atoms with Gasteiger partial charge in [0.25, 0.3) is 5.91 Å². The number of imide groups is 1. The first-order valence-corrected chi connectivity index (χ1v) is 12.3. The van der Waals surface area contributed by atoms with Crippen molar-refractivity contribution in [3.63, 3.8) is 0 Å². The molecule has 0 spiro atoms. The largest absolute Gasteiger partial charge is 0.384 e. The van der Waals surface area contributed by atoms with E-state index in [1.165, 1.54) is 16.2 Å². The Balaban J connectivity index is 1.59. The number of urea groups is 1. The second kappa shape index (κ2) is 10.2. The Kier molecular flexibility index (Phi) is 7.11. The molecule has 1 saturated heterocycles. The van der Waals surface area contributed by atoms with Crippen LogP contribution in [0, 0.1) is 12.8 Å². The molecule has 0 aliphatic carbocycles. The van der Waals surface area contributed by atoms with Crippen molar-refractivity contribution < 1.29 is 14.4 Å². The molecular formula is C25H28N6O3S. The van der Waals surface area contributed by atoms with Gasteiger partial charge in [0, 0.05) is 18.6 Å². The summed E-state index contributed by atoms with van der Waals surface area (Å²) >= 11 is 1.36. The van der Waals surface area contributed by atoms with Crippen LogP contribution in [0.1, 0.15) is 36.1 Å². The summed E-state index contributed by atoms with van der Waals surface area (Å²) in [6, 6.07) is 9.45. The normalized spacial score (nSPS) is 18.0. The number of nitrogens with two attached hydrogens (primary N) is 1. The van der Waals surface area contributed by atoms with Crippen molar-refractivity contribution >= 4 is 40.8 Å². The summed E-state index contributed by atoms with van der Waals surface area (Å²) in [4.78, 5) is 50.6. The van der Waals surface area contributed by atoms with Crippen molar-refractivity contribution in [3.05, 3.63) is 70.2 Å². The number of benzene rings is 1. The molecule has 35 heavy (non-hydrogen) atoms. The first-order valence-electron chi connectivity index (χ1n) is 11.4. The number of β-lactam (4-membered cyclic amide) rings is 1. The van der Waals surface area contributed by atoms with E-state index in [4.69, 9.17) is 5.73 Å². The number of thiazole rings is 1. The molecule has 182 valence electrons. The molecule has 4 amide bonds. The van der Waals surface area contributed by atoms with Crippen LogP contribution in [0.15, 0.2) is 53.5 Å². The first kappa shape index (κ1) is 24.3. The fourth-order valence-electron chi connectivity index (χ4n) is 4.34. The Morgan fingerprint density at radius 3 is 2.71 bits per heavy atom. The minimum atomic E-state index is -0.960. The fraction of sp³-hybridized carbons (Fsp3) is 0.320. The van der Waals surface area contributed by atoms with Crippen LogP contribution in [-0.2, 0) is 16.0 Å². The number of likely N-dealkylation sites (N-methyl/N-ethyl adjacent to an activating group) is 1. The highest BCUT2D eigenvalue weighted by Gasteiger charge is 2.55. The number of anilines is 2. The Morgan fingerprint density at radius 2 is 2.06 bits per heavy atom. The summed E-state index contributed by atoms with van der Waals surface area (Å²) in [5, 5.41) is 4.69. The van der Waals surface area contributed by atoms with Crippen molar-refractivity contribution in [2.75, 3.05) is 17.7 Å². The first-order chi connectivity index (χ1) is 16.8. The molecule has 0 bridgehead atoms. The second-order valence-electron chi connectivity index (χ2n) is 8.62. The van der Waals surface area contributed by atoms with E-state index in [9.17, 15) is 14.4 Å². The number of amides is 4. The predicted molar refractivity (Wildman–Crippen MR) is 135 cm³/mol. The van der Waals surface area contributed by atoms with Crippen LogP contribution < -0.4 is 16.0 Å². The highest BCUT2D eigenvalue weighted by Crippen LogP contribution is 2.33. The SMILES string of the molecule is CCC(NC(=O)N1C(=O)[C@H](Cc2ccnc(N)c2)[C@H]1C(=O)N(C)c1cscn1)c1cccc(C)c1. The quantitative estimate of drug-likeness (QED) is 0.488. The maximum Gasteiger partial charge on any atom is 0.325 e. The molecule has 1 aliphatic rings. The molecule has 3 atom stereocenters. The van der Waals surface area contributed by atoms with Crippen LogP contribution in [0.2, 0.25) is 0 Å². The number of hydrogen-bond donors (Lipinski definition) is 2. The highest BCUT2D eigenvalue weighted by molar-refractivity contribution is 7.07. The number of carbonyl (C=O) groups is 3. The zero-order chi connectivity index (χ0) is 25.1. The van der Waals surface area contributed by atoms with Crippen LogP contribution in [-0.4, -0.2) is 45.8 Å². The molecule has 4 rings (SSSR count). The lowest BCUT2D eigenvalue weighted by molar-refractivity contribution is -0.156. The molecule has 3 aromatic rings. The monoisotopic (exact) mass is 492 g/mol. The van der Waals surface area contributed by atoms with E-state index in [0.29, 0.717) is 18.1 Å². The Labute approximate surface area is 208 Å². The lowest BCUT2D eigenvalue weighted by Crippen LogP contribution is -2.70. The maximum atomic E-state index is 13.5. The van der Waals surface area contributed by atoms with Crippen LogP contribution in [0.25, 0.3) is 0 Å². The third-order valence-electron chi connectivity index (χ3n) is 6.23. The number of nitrogens with zero attached hydrogens (tertiary/aromatic N) is 4. The molecule has 9 nitrogen and oxygen atoms in total. The summed E-state index contributed by atoms with van der Waals surface area (Å²) in [7, 11) is 1.60. The molecule has 3 heterocycles. The number of aromatic nitrogens is 2. The molecule has 1 aromatic carbocycles. The van der Waals surface area contributed by atoms with E-state index in [0.717, 1.165) is 21.6 Å². The number of carbonyl (C=O) groups excluding carboxylic acids is 3. The van der Waals surface area contributed by atoms with Gasteiger partial charge in [-0.2, -0.15) is 0 Å². The van der Waals surface area contributed by atoms with Gasteiger partial charge in [-0.25, -0.2) is 14.8 Å². The van der Waals surface area contributed by atoms with Gasteiger partial charge in [0.1, 0.15) is 17.7 Å². The van der Waals surface area contributed by atoms with E-state index in [-0.39, 0.29) is 18.4 Å². The minimum absolute atomic E-state index is 0.270. The van der Waals surface area contributed by atoms with E-state index < -0.39 is 23.9 Å². The van der Waals surface area contributed by atoms with Crippen LogP contribution in [0.4, 0.5) is 16.4 Å². The molecule has 3 N–H and O–H groups in total. The van der Waals surface area contributed by atoms with Crippen molar-refractivity contribution in [2.24, 2.45) is 5.92 Å². The van der Waals surface area contributed by atoms with Gasteiger partial charge in [-0.1, -0.05) is 36.8 Å². The fourth-order valence-corrected chi connectivity index (χ4v) is 4.91. The van der Waals surface area contributed by atoms with Gasteiger partial charge in [0.15, 0.2) is 0 Å². The lowest BCUT2D eigenvalue weighted by Gasteiger charge is -2.45. The Hall–Kier alpha value is -3.79. The number of pyridine rings is 1. The molecule has 2 aromatic heterocycles. The van der Waals surface area contributed by atoms with Gasteiger partial charge < -0.3 is 11.1 Å². The summed E-state index contributed by atoms with van der Waals surface area (Å²) in [5.41, 5.74) is 10.2. The predicted octanol–water partition coefficient (Wildman–Crippen LogP) is 3.32. The topological polar surface area (TPSA) is 122 Å². The number of nitrogens with one attached hydrogen (secondary N) is 1. The van der Waals surface area contributed by atoms with Gasteiger partial charge >= 0.3 is 6.03 Å². The molecule has 1 aliphatic heterocycles. The van der Waals surface area contributed by atoms with Gasteiger partial charge in [-0.05, 0) is 43.0 Å². The van der Waals surface area contributed by atoms with Crippen molar-refractivity contribution in [1.82, 2.24) is 20.2 Å². The molecule has 1 unspecified atom stereocenters. The summed E-state index contributed by atoms with van der Waals surface area (Å²) in [6.45, 7) is 3.94. The Morgan fingerprint density at radius 1 is 1.26 bits per heavy atom. The van der Waals surface area contributed by atoms with E-state index in [2.05, 4.69) is 15.3 Å². The summed E-state index contributed by atoms with van der Waals surface area (Å²) < 4.78 is 0. The van der Waals surface area contributed by atoms with Crippen molar-refractivity contribution in [2.45, 2.75) is 38.8 Å². The van der Waals surface area contributed by atoms with Gasteiger partial charge in [-0.15, -0.1) is 11.3 Å². The maximum absolute atomic E-state index is 13.5. The van der Waals surface area contributed by atoms with Crippen LogP contribution >= 0.6 is 11.3 Å². The summed E-state index contributed by atoms with van der Waals surface area (Å²) in [6.07, 6.45) is 2.46. The standard InChI is InChI=1S/C25H28N6O3S/c1-4-19(17-7-5-6-15(2)10-17)29-25(34)31-22(24(33)30(3)21-13-35-14-28-21)18(23(31)32)11-16-8-9-27-20(26)12-16/h5-10,12-14,18-19,22H,4,11H2,1-3H3,(H2,26,27)(H,29,34)/t18-,19?,22+/m1/s1. The average Bonchev–Trinajstić information content (AvgIpc) is 3.38. The average molecular weight is 493 g/mol. The molecule has 0 saturated carbocycles. The van der Waals surface area contributed by atoms with Gasteiger partial charge in [-0.3, -0.25) is 19.4 Å². The third-order valence-corrected chi connectivity index (χ3v) is 6.80. The number of rotatable bonds is 7. The van der Waals surface area contributed by atoms with E-state index in [1.807, 2.05) is 38.1 Å². The highest BCUT2D eigenvalue weighted by atomic mass is 32.1. The summed E-state index contributed by atoms with van der Waals surface area (Å²) in [5.74, 6) is -0.674. The lowest BCUT2D eigenvalue weighted by atomic mass is 9.81. The number of likely N-dealkylation sites (tertiary alicyclic amines) is 1. The van der Waals surface area contributed by atoms with E-state index in [1.54, 1.807) is 36.3 Å². The zero-order valence-corrected chi connectivity index (χ0v) is 20.7. The van der Waals surface area contributed by atoms with Crippen molar-refractivity contribution in [3.8, 4) is 0 Å². The van der Waals surface area contributed by atoms with Crippen molar-refractivity contribution in [1.29, 1.82) is 0 Å². The Bertz CT molecular complexity index is 1230. The van der Waals surface area contributed by atoms with E-state index >= 15 is 0 Å². The number of aryl methyl sites for hydroxylation is 1. The second-order valence-corrected chi connectivity index (χ2v) is 9.34. The van der Waals surface area contributed by atoms with Gasteiger partial charge in [0.2, 0.25) is 5.91 Å². The zero-order valence-electron chi connectivity index (χ0n) is 19.8. The minimum Gasteiger partial charge on any atom is -0.384 e. The van der Waals surface area contributed by atoms with Gasteiger partial charge in [0.05, 0.1) is 17.5 Å². The number of nitrogen functional groups attached to an aromatic ring is 1. The smallest absolute Gasteiger partial charge is 0.325 e. The third kappa shape index (κ3) is 5.02. The van der Waals surface area contributed by atoms with Crippen LogP contribution in [0.5, 0.6) is 0 Å².